The van der Waals surface area contributed by atoms with Gasteiger partial charge in [-0.15, -0.1) is 20.4 Å². The Hall–Kier alpha value is -7.54. The molecule has 19 nitrogen and oxygen atoms in total. The molecule has 290 valence electrons. The van der Waals surface area contributed by atoms with Crippen molar-refractivity contribution in [1.82, 2.24) is 39.5 Å². The van der Waals surface area contributed by atoms with Crippen LogP contribution in [-0.4, -0.2) is 103 Å². The number of hydrogen-bond acceptors (Lipinski definition) is 15. The molecule has 0 atom stereocenters. The molecule has 19 heteroatoms. The fourth-order valence-corrected chi connectivity index (χ4v) is 5.35. The van der Waals surface area contributed by atoms with Gasteiger partial charge in [0.1, 0.15) is 37.4 Å². The highest BCUT2D eigenvalue weighted by Crippen LogP contribution is 2.26. The molecule has 2 aromatic carbocycles. The van der Waals surface area contributed by atoms with E-state index in [-0.39, 0.29) is 73.5 Å². The number of hydrogen-bond donors (Lipinski definition) is 2. The molecule has 0 aliphatic carbocycles. The van der Waals surface area contributed by atoms with Gasteiger partial charge in [0.25, 0.3) is 11.8 Å². The van der Waals surface area contributed by atoms with Gasteiger partial charge in [-0.1, -0.05) is 0 Å². The molecule has 2 N–H and O–H groups in total. The zero-order valence-electron chi connectivity index (χ0n) is 30.1. The molecule has 0 spiro atoms. The number of esters is 2. The van der Waals surface area contributed by atoms with E-state index in [9.17, 15) is 19.2 Å². The smallest absolute Gasteiger partial charge is 0.340 e. The van der Waals surface area contributed by atoms with Crippen LogP contribution in [0, 0.1) is 0 Å². The summed E-state index contributed by atoms with van der Waals surface area (Å²) in [6.45, 7) is 0.266. The monoisotopic (exact) mass is 774 g/mol. The average molecular weight is 775 g/mol. The number of ether oxygens (including phenoxy) is 5. The molecule has 4 aliphatic heterocycles. The van der Waals surface area contributed by atoms with Crippen molar-refractivity contribution in [1.29, 1.82) is 0 Å². The van der Waals surface area contributed by atoms with Crippen molar-refractivity contribution < 1.29 is 42.9 Å². The molecular formula is C38H34N10O9. The quantitative estimate of drug-likeness (QED) is 0.230. The standard InChI is InChI=1S/C38H34N10O9/c49-35(29-7-9-33(45-43-29)47-13-11-39-23-47)41-31-21-25-3-5-27(31)37(51)56-19-17-53-18-20-57-38(52)28-6-4-26(55-16-2-1-15-54-25)22-32(28)42-36(50)30-8-10-34(46-44-30)48-14-12-40-24-48/h3-14,21-24H,1-2,15-20H2,(H,41,49)(H,42,50). The van der Waals surface area contributed by atoms with Crippen molar-refractivity contribution >= 4 is 35.1 Å². The molecule has 2 amide bonds. The molecule has 0 unspecified atom stereocenters. The molecule has 0 saturated carbocycles. The number of nitrogens with one attached hydrogen (secondary N) is 2. The third-order valence-corrected chi connectivity index (χ3v) is 8.22. The van der Waals surface area contributed by atoms with Gasteiger partial charge in [-0.3, -0.25) is 18.7 Å². The molecule has 57 heavy (non-hydrogen) atoms. The molecule has 10 rings (SSSR count). The minimum Gasteiger partial charge on any atom is -0.494 e. The minimum absolute atomic E-state index is 0.0118. The van der Waals surface area contributed by atoms with Crippen LogP contribution in [0.2, 0.25) is 0 Å². The predicted octanol–water partition coefficient (Wildman–Crippen LogP) is 3.72. The van der Waals surface area contributed by atoms with Gasteiger partial charge in [0, 0.05) is 36.9 Å². The van der Waals surface area contributed by atoms with E-state index in [0.717, 1.165) is 0 Å². The molecule has 0 fully saturated rings. The second-order valence-electron chi connectivity index (χ2n) is 12.1. The van der Waals surface area contributed by atoms with Crippen LogP contribution in [0.1, 0.15) is 54.5 Å². The van der Waals surface area contributed by atoms with Gasteiger partial charge in [-0.2, -0.15) is 0 Å². The fourth-order valence-electron chi connectivity index (χ4n) is 5.35. The summed E-state index contributed by atoms with van der Waals surface area (Å²) >= 11 is 0. The summed E-state index contributed by atoms with van der Waals surface area (Å²) in [5, 5.41) is 21.6. The van der Waals surface area contributed by atoms with Crippen LogP contribution in [0.5, 0.6) is 11.5 Å². The fraction of sp³-hybridized carbons (Fsp3) is 0.211. The highest BCUT2D eigenvalue weighted by molar-refractivity contribution is 6.08. The Morgan fingerprint density at radius 2 is 1.02 bits per heavy atom. The number of anilines is 2. The van der Waals surface area contributed by atoms with Crippen LogP contribution in [0.25, 0.3) is 11.6 Å². The lowest BCUT2D eigenvalue weighted by molar-refractivity contribution is 0.0152. The number of imidazole rings is 2. The number of carbonyl (C=O) groups excluding carboxylic acids is 4. The van der Waals surface area contributed by atoms with Gasteiger partial charge in [0.15, 0.2) is 23.0 Å². The van der Waals surface area contributed by atoms with E-state index in [4.69, 9.17) is 23.7 Å². The van der Waals surface area contributed by atoms with E-state index < -0.39 is 23.8 Å². The van der Waals surface area contributed by atoms with Gasteiger partial charge in [-0.05, 0) is 61.4 Å². The Bertz CT molecular complexity index is 2160. The highest BCUT2D eigenvalue weighted by atomic mass is 16.6. The van der Waals surface area contributed by atoms with Crippen molar-refractivity contribution in [2.45, 2.75) is 12.8 Å². The summed E-state index contributed by atoms with van der Waals surface area (Å²) in [5.74, 6) is -0.932. The first-order valence-corrected chi connectivity index (χ1v) is 17.6. The number of nitrogens with zero attached hydrogens (tertiary/aromatic N) is 8. The predicted molar refractivity (Wildman–Crippen MR) is 199 cm³/mol. The first-order valence-electron chi connectivity index (χ1n) is 17.6. The second kappa shape index (κ2) is 18.2. The lowest BCUT2D eigenvalue weighted by Gasteiger charge is -2.14. The van der Waals surface area contributed by atoms with Gasteiger partial charge >= 0.3 is 11.9 Å². The van der Waals surface area contributed by atoms with Crippen LogP contribution in [-0.2, 0) is 14.2 Å². The van der Waals surface area contributed by atoms with E-state index in [0.29, 0.717) is 36.0 Å². The topological polar surface area (TPSA) is 226 Å². The van der Waals surface area contributed by atoms with E-state index >= 15 is 0 Å². The average Bonchev–Trinajstić information content (AvgIpc) is 3.98. The van der Waals surface area contributed by atoms with Crippen LogP contribution in [0.15, 0.2) is 98.1 Å². The van der Waals surface area contributed by atoms with E-state index in [1.54, 1.807) is 70.8 Å². The number of amides is 2. The Balaban J connectivity index is 1.02. The maximum absolute atomic E-state index is 13.2. The zero-order valence-corrected chi connectivity index (χ0v) is 30.1. The summed E-state index contributed by atoms with van der Waals surface area (Å²) in [6, 6.07) is 15.4. The largest absolute Gasteiger partial charge is 0.494 e. The Kier molecular flexibility index (Phi) is 12.1. The Morgan fingerprint density at radius 3 is 1.42 bits per heavy atom. The van der Waals surface area contributed by atoms with Crippen molar-refractivity contribution in [3.05, 3.63) is 121 Å². The van der Waals surface area contributed by atoms with Crippen LogP contribution >= 0.6 is 0 Å². The molecule has 0 saturated heterocycles. The van der Waals surface area contributed by atoms with Crippen LogP contribution < -0.4 is 20.1 Å². The summed E-state index contributed by atoms with van der Waals surface area (Å²) < 4.78 is 31.5. The lowest BCUT2D eigenvalue weighted by atomic mass is 10.1. The third-order valence-electron chi connectivity index (χ3n) is 8.22. The lowest BCUT2D eigenvalue weighted by Crippen LogP contribution is -2.19. The first-order chi connectivity index (χ1) is 27.9. The molecule has 4 aliphatic rings. The van der Waals surface area contributed by atoms with Crippen molar-refractivity contribution in [3.63, 3.8) is 0 Å². The molecular weight excluding hydrogens is 740 g/mol. The van der Waals surface area contributed by atoms with Gasteiger partial charge < -0.3 is 34.3 Å². The summed E-state index contributed by atoms with van der Waals surface area (Å²) in [5.41, 5.74) is 0.454. The SMILES string of the molecule is O=C(Nc1cc2ccc1C(=O)OCCOCCOC(=O)c1ccc(cc1NC(=O)c1ccc(-n3ccnc3)nn1)OCCCCO2)c1ccc(-n2ccnc2)nn1. The van der Waals surface area contributed by atoms with Crippen LogP contribution in [0.4, 0.5) is 11.4 Å². The molecule has 4 bridgehead atoms. The maximum atomic E-state index is 13.2. The van der Waals surface area contributed by atoms with Crippen molar-refractivity contribution in [2.24, 2.45) is 0 Å². The maximum Gasteiger partial charge on any atom is 0.340 e. The molecule has 0 radical (unpaired) electrons. The van der Waals surface area contributed by atoms with Crippen molar-refractivity contribution in [2.75, 3.05) is 50.3 Å². The van der Waals surface area contributed by atoms with E-state index in [1.165, 1.54) is 36.4 Å². The van der Waals surface area contributed by atoms with E-state index in [1.807, 2.05) is 0 Å². The first kappa shape index (κ1) is 37.8. The van der Waals surface area contributed by atoms with Crippen molar-refractivity contribution in [3.8, 4) is 23.1 Å². The summed E-state index contributed by atoms with van der Waals surface area (Å²) in [4.78, 5) is 60.6. The normalized spacial score (nSPS) is 14.1. The number of benzene rings is 2. The molecule has 8 heterocycles. The summed E-state index contributed by atoms with van der Waals surface area (Å²) in [6.07, 6.45) is 10.8. The number of carbonyl (C=O) groups is 4. The Labute approximate surface area is 323 Å². The zero-order chi connectivity index (χ0) is 39.4. The summed E-state index contributed by atoms with van der Waals surface area (Å²) in [7, 11) is 0. The second-order valence-corrected chi connectivity index (χ2v) is 12.1. The highest BCUT2D eigenvalue weighted by Gasteiger charge is 2.20. The van der Waals surface area contributed by atoms with Gasteiger partial charge in [-0.25, -0.2) is 19.6 Å². The number of rotatable bonds is 6. The minimum atomic E-state index is -0.720. The van der Waals surface area contributed by atoms with Crippen LogP contribution in [0.3, 0.4) is 0 Å². The third kappa shape index (κ3) is 9.77. The molecule has 6 aromatic rings. The Morgan fingerprint density at radius 1 is 0.544 bits per heavy atom. The van der Waals surface area contributed by atoms with E-state index in [2.05, 4.69) is 41.0 Å². The van der Waals surface area contributed by atoms with Gasteiger partial charge in [0.2, 0.25) is 0 Å². The van der Waals surface area contributed by atoms with Gasteiger partial charge in [0.05, 0.1) is 48.9 Å². The molecule has 4 aromatic heterocycles. The number of aromatic nitrogens is 8.